The van der Waals surface area contributed by atoms with Gasteiger partial charge in [0.15, 0.2) is 0 Å². The molecule has 0 amide bonds. The van der Waals surface area contributed by atoms with Gasteiger partial charge in [-0.2, -0.15) is 0 Å². The van der Waals surface area contributed by atoms with Gasteiger partial charge in [0.2, 0.25) is 0 Å². The summed E-state index contributed by atoms with van der Waals surface area (Å²) in [5.41, 5.74) is 3.58. The molecule has 2 rings (SSSR count). The quantitative estimate of drug-likeness (QED) is 0.776. The Morgan fingerprint density at radius 3 is 2.19 bits per heavy atom. The van der Waals surface area contributed by atoms with Gasteiger partial charge in [-0.1, -0.05) is 30.3 Å². The van der Waals surface area contributed by atoms with E-state index < -0.39 is 0 Å². The molecule has 0 aromatic heterocycles. The van der Waals surface area contributed by atoms with Crippen molar-refractivity contribution in [1.29, 1.82) is 0 Å². The van der Waals surface area contributed by atoms with Crippen molar-refractivity contribution in [2.24, 2.45) is 0 Å². The molecule has 0 bridgehead atoms. The molecular weight excluding hydrogens is 200 g/mol. The molecule has 0 heterocycles. The molecule has 2 nitrogen and oxygen atoms in total. The summed E-state index contributed by atoms with van der Waals surface area (Å²) < 4.78 is 0. The van der Waals surface area contributed by atoms with E-state index in [1.54, 1.807) is 18.2 Å². The van der Waals surface area contributed by atoms with Crippen LogP contribution in [0.5, 0.6) is 5.75 Å². The molecule has 0 spiro atoms. The number of aryl methyl sites for hydroxylation is 1. The highest BCUT2D eigenvalue weighted by molar-refractivity contribution is 5.77. The number of benzene rings is 2. The van der Waals surface area contributed by atoms with Crippen LogP contribution in [0, 0.1) is 6.92 Å². The molecule has 0 saturated carbocycles. The first-order valence-corrected chi connectivity index (χ1v) is 5.06. The number of aldehydes is 1. The van der Waals surface area contributed by atoms with E-state index in [1.165, 1.54) is 0 Å². The van der Waals surface area contributed by atoms with E-state index in [9.17, 15) is 9.90 Å². The largest absolute Gasteiger partial charge is 0.508 e. The summed E-state index contributed by atoms with van der Waals surface area (Å²) in [5, 5.41) is 9.43. The van der Waals surface area contributed by atoms with E-state index in [-0.39, 0.29) is 0 Å². The Kier molecular flexibility index (Phi) is 2.73. The smallest absolute Gasteiger partial charge is 0.150 e. The summed E-state index contributed by atoms with van der Waals surface area (Å²) in [6.45, 7) is 1.86. The zero-order valence-electron chi connectivity index (χ0n) is 8.97. The molecule has 0 fully saturated rings. The monoisotopic (exact) mass is 212 g/mol. The van der Waals surface area contributed by atoms with Crippen molar-refractivity contribution in [2.75, 3.05) is 0 Å². The van der Waals surface area contributed by atoms with Crippen LogP contribution in [0.2, 0.25) is 0 Å². The lowest BCUT2D eigenvalue weighted by molar-refractivity contribution is 0.112. The van der Waals surface area contributed by atoms with E-state index in [4.69, 9.17) is 0 Å². The predicted octanol–water partition coefficient (Wildman–Crippen LogP) is 3.18. The minimum atomic E-state index is 0.299. The molecule has 0 aliphatic carbocycles. The number of hydrogen-bond donors (Lipinski definition) is 1. The lowest BCUT2D eigenvalue weighted by atomic mass is 10.0. The number of rotatable bonds is 2. The molecule has 80 valence electrons. The van der Waals surface area contributed by atoms with Crippen molar-refractivity contribution < 1.29 is 9.90 Å². The molecule has 2 aromatic rings. The van der Waals surface area contributed by atoms with E-state index in [0.717, 1.165) is 23.0 Å². The van der Waals surface area contributed by atoms with Crippen LogP contribution in [0.25, 0.3) is 11.1 Å². The van der Waals surface area contributed by atoms with Gasteiger partial charge in [-0.05, 0) is 35.7 Å². The summed E-state index contributed by atoms with van der Waals surface area (Å²) in [5.74, 6) is 0.299. The highest BCUT2D eigenvalue weighted by Crippen LogP contribution is 2.25. The van der Waals surface area contributed by atoms with Gasteiger partial charge in [0.05, 0.1) is 0 Å². The van der Waals surface area contributed by atoms with Crippen molar-refractivity contribution in [2.45, 2.75) is 6.92 Å². The van der Waals surface area contributed by atoms with E-state index in [0.29, 0.717) is 11.3 Å². The Labute approximate surface area is 94.2 Å². The van der Waals surface area contributed by atoms with Crippen LogP contribution in [-0.4, -0.2) is 11.4 Å². The van der Waals surface area contributed by atoms with Gasteiger partial charge in [0.1, 0.15) is 12.0 Å². The summed E-state index contributed by atoms with van der Waals surface area (Å²) in [6.07, 6.45) is 0.825. The average molecular weight is 212 g/mol. The normalized spacial score (nSPS) is 10.1. The third-order valence-corrected chi connectivity index (χ3v) is 2.58. The zero-order chi connectivity index (χ0) is 11.5. The summed E-state index contributed by atoms with van der Waals surface area (Å²) in [4.78, 5) is 10.5. The topological polar surface area (TPSA) is 37.3 Å². The van der Waals surface area contributed by atoms with Crippen LogP contribution < -0.4 is 0 Å². The Bertz CT molecular complexity index is 513. The third kappa shape index (κ3) is 1.96. The molecule has 0 atom stereocenters. The van der Waals surface area contributed by atoms with Crippen molar-refractivity contribution in [3.63, 3.8) is 0 Å². The number of hydrogen-bond acceptors (Lipinski definition) is 2. The average Bonchev–Trinajstić information content (AvgIpc) is 2.33. The van der Waals surface area contributed by atoms with Crippen LogP contribution in [0.4, 0.5) is 0 Å². The molecule has 0 aliphatic rings. The molecule has 0 saturated heterocycles. The van der Waals surface area contributed by atoms with E-state index in [1.807, 2.05) is 31.2 Å². The van der Waals surface area contributed by atoms with Gasteiger partial charge in [-0.3, -0.25) is 4.79 Å². The molecule has 0 radical (unpaired) electrons. The summed E-state index contributed by atoms with van der Waals surface area (Å²) in [6, 6.07) is 12.8. The van der Waals surface area contributed by atoms with E-state index in [2.05, 4.69) is 0 Å². The fraction of sp³-hybridized carbons (Fsp3) is 0.0714. The number of phenols is 1. The second-order valence-electron chi connectivity index (χ2n) is 3.74. The minimum absolute atomic E-state index is 0.299. The summed E-state index contributed by atoms with van der Waals surface area (Å²) >= 11 is 0. The van der Waals surface area contributed by atoms with Crippen LogP contribution in [-0.2, 0) is 0 Å². The number of carbonyl (C=O) groups is 1. The fourth-order valence-corrected chi connectivity index (χ4v) is 1.59. The molecule has 16 heavy (non-hydrogen) atoms. The van der Waals surface area contributed by atoms with Gasteiger partial charge in [0, 0.05) is 5.56 Å². The Balaban J connectivity index is 2.42. The molecular formula is C14H12O2. The third-order valence-electron chi connectivity index (χ3n) is 2.58. The molecule has 1 N–H and O–H groups in total. The molecule has 0 unspecified atom stereocenters. The number of aromatic hydroxyl groups is 1. The van der Waals surface area contributed by atoms with Crippen LogP contribution in [0.15, 0.2) is 42.5 Å². The van der Waals surface area contributed by atoms with Crippen LogP contribution >= 0.6 is 0 Å². The van der Waals surface area contributed by atoms with Crippen molar-refractivity contribution in [1.82, 2.24) is 0 Å². The maximum absolute atomic E-state index is 10.5. The first-order valence-electron chi connectivity index (χ1n) is 5.06. The second-order valence-corrected chi connectivity index (χ2v) is 3.74. The standard InChI is InChI=1S/C14H12O2/c1-10-8-13(6-7-14(10)16)12-4-2-11(9-15)3-5-12/h2-9,16H,1H3. The highest BCUT2D eigenvalue weighted by Gasteiger charge is 2.01. The number of phenolic OH excluding ortho intramolecular Hbond substituents is 1. The summed E-state index contributed by atoms with van der Waals surface area (Å²) in [7, 11) is 0. The second kappa shape index (κ2) is 4.19. The number of carbonyl (C=O) groups excluding carboxylic acids is 1. The van der Waals surface area contributed by atoms with Gasteiger partial charge in [-0.25, -0.2) is 0 Å². The zero-order valence-corrected chi connectivity index (χ0v) is 8.97. The Hall–Kier alpha value is -2.09. The molecule has 0 aliphatic heterocycles. The van der Waals surface area contributed by atoms with Crippen molar-refractivity contribution >= 4 is 6.29 Å². The minimum Gasteiger partial charge on any atom is -0.508 e. The lowest BCUT2D eigenvalue weighted by Crippen LogP contribution is -1.82. The van der Waals surface area contributed by atoms with Crippen molar-refractivity contribution in [3.05, 3.63) is 53.6 Å². The maximum Gasteiger partial charge on any atom is 0.150 e. The van der Waals surface area contributed by atoms with Gasteiger partial charge < -0.3 is 5.11 Å². The highest BCUT2D eigenvalue weighted by atomic mass is 16.3. The van der Waals surface area contributed by atoms with Crippen LogP contribution in [0.1, 0.15) is 15.9 Å². The maximum atomic E-state index is 10.5. The Morgan fingerprint density at radius 2 is 1.62 bits per heavy atom. The van der Waals surface area contributed by atoms with Gasteiger partial charge in [0.25, 0.3) is 0 Å². The first-order chi connectivity index (χ1) is 7.70. The van der Waals surface area contributed by atoms with Crippen LogP contribution in [0.3, 0.4) is 0 Å². The first kappa shape index (κ1) is 10.4. The fourth-order valence-electron chi connectivity index (χ4n) is 1.59. The lowest BCUT2D eigenvalue weighted by Gasteiger charge is -2.04. The molecule has 2 aromatic carbocycles. The SMILES string of the molecule is Cc1cc(-c2ccc(C=O)cc2)ccc1O. The van der Waals surface area contributed by atoms with Gasteiger partial charge in [-0.15, -0.1) is 0 Å². The van der Waals surface area contributed by atoms with E-state index >= 15 is 0 Å². The Morgan fingerprint density at radius 1 is 1.00 bits per heavy atom. The van der Waals surface area contributed by atoms with Crippen molar-refractivity contribution in [3.8, 4) is 16.9 Å². The molecule has 2 heteroatoms. The van der Waals surface area contributed by atoms with Gasteiger partial charge >= 0.3 is 0 Å². The predicted molar refractivity (Wildman–Crippen MR) is 63.7 cm³/mol.